The van der Waals surface area contributed by atoms with E-state index >= 15 is 0 Å². The van der Waals surface area contributed by atoms with E-state index in [0.717, 1.165) is 19.0 Å². The molecule has 5 aromatic rings. The second-order valence-electron chi connectivity index (χ2n) is 20.6. The number of benzene rings is 5. The van der Waals surface area contributed by atoms with Gasteiger partial charge in [-0.15, -0.1) is 0 Å². The molecule has 5 aromatic carbocycles. The quantitative estimate of drug-likeness (QED) is 0.0865. The molecule has 0 fully saturated rings. The SMILES string of the molecule is [CH2]=[Hf]([CH2]CCCCC)([CH2]c1ccccc1)([CH2]c1ccccc1)([c]1ccccc1)([CH]1C=CC=C1)[CH]1c2cc(C(C)(C)C)ccc2-c2ccc(C(C)(C)C)cc21. The van der Waals surface area contributed by atoms with Gasteiger partial charge in [0.1, 0.15) is 0 Å². The maximum atomic E-state index is 6.56. The normalized spacial score (nSPS) is 16.7. The molecule has 0 saturated heterocycles. The summed E-state index contributed by atoms with van der Waals surface area (Å²) in [6.07, 6.45) is 14.8. The van der Waals surface area contributed by atoms with Gasteiger partial charge in [-0.2, -0.15) is 0 Å². The Bertz CT molecular complexity index is 2220. The van der Waals surface area contributed by atoms with Crippen LogP contribution in [0.15, 0.2) is 152 Å². The van der Waals surface area contributed by atoms with E-state index in [4.69, 9.17) is 4.26 Å². The third-order valence-corrected chi connectivity index (χ3v) is 66.4. The summed E-state index contributed by atoms with van der Waals surface area (Å²) in [6.45, 7) is 16.6. The van der Waals surface area contributed by atoms with Crippen LogP contribution in [0.3, 0.4) is 0 Å². The first kappa shape index (κ1) is 38.6. The van der Waals surface area contributed by atoms with E-state index in [1.165, 1.54) is 67.1 Å². The number of hydrogen-bond donors (Lipinski definition) is 0. The number of unbranched alkanes of at least 4 members (excludes halogenated alkanes) is 3. The molecule has 0 bridgehead atoms. The van der Waals surface area contributed by atoms with Crippen LogP contribution in [-0.4, -0.2) is 4.26 Å². The van der Waals surface area contributed by atoms with Crippen LogP contribution in [0.4, 0.5) is 0 Å². The first-order valence-corrected chi connectivity index (χ1v) is 37.0. The molecule has 1 heteroatoms. The van der Waals surface area contributed by atoms with Crippen molar-refractivity contribution in [2.75, 3.05) is 0 Å². The third kappa shape index (κ3) is 5.57. The fourth-order valence-electron chi connectivity index (χ4n) is 12.5. The summed E-state index contributed by atoms with van der Waals surface area (Å²) in [6, 6.07) is 50.3. The molecule has 0 aliphatic heterocycles. The molecule has 2 aliphatic rings. The first-order valence-electron chi connectivity index (χ1n) is 20.9. The summed E-state index contributed by atoms with van der Waals surface area (Å²) in [5.74, 6) is 0. The van der Waals surface area contributed by atoms with Gasteiger partial charge in [0.2, 0.25) is 0 Å². The van der Waals surface area contributed by atoms with E-state index in [0.29, 0.717) is 0 Å². The predicted octanol–water partition coefficient (Wildman–Crippen LogP) is 14.2. The fourth-order valence-corrected chi connectivity index (χ4v) is 66.7. The van der Waals surface area contributed by atoms with Crippen molar-refractivity contribution in [1.82, 2.24) is 0 Å². The van der Waals surface area contributed by atoms with Crippen LogP contribution in [0.2, 0.25) is 7.85 Å². The average Bonchev–Trinajstić information content (AvgIpc) is 3.83. The van der Waals surface area contributed by atoms with Crippen molar-refractivity contribution in [2.24, 2.45) is 0 Å². The van der Waals surface area contributed by atoms with Crippen LogP contribution in [0, 0.1) is 0 Å². The van der Waals surface area contributed by atoms with E-state index in [9.17, 15) is 0 Å². The van der Waals surface area contributed by atoms with Crippen molar-refractivity contribution in [1.29, 1.82) is 0 Å². The average molecular weight is 880 g/mol. The van der Waals surface area contributed by atoms with Gasteiger partial charge in [-0.3, -0.25) is 0 Å². The Balaban J connectivity index is 1.82. The zero-order valence-corrected chi connectivity index (χ0v) is 37.8. The molecule has 0 nitrogen and oxygen atoms in total. The van der Waals surface area contributed by atoms with Gasteiger partial charge in [0.05, 0.1) is 0 Å². The van der Waals surface area contributed by atoms with Crippen LogP contribution in [0.25, 0.3) is 11.1 Å². The first-order chi connectivity index (χ1) is 25.6. The van der Waals surface area contributed by atoms with Crippen molar-refractivity contribution in [2.45, 2.75) is 105 Å². The van der Waals surface area contributed by atoms with Crippen LogP contribution in [-0.2, 0) is 34.3 Å². The van der Waals surface area contributed by atoms with Gasteiger partial charge < -0.3 is 0 Å². The van der Waals surface area contributed by atoms with E-state index in [1.807, 2.05) is 0 Å². The van der Waals surface area contributed by atoms with E-state index < -0.39 is 15.1 Å². The zero-order chi connectivity index (χ0) is 38.4. The minimum atomic E-state index is -6.59. The monoisotopic (exact) mass is 880 g/mol. The van der Waals surface area contributed by atoms with E-state index in [2.05, 4.69) is 200 Å². The molecular formula is C53H64Hf. The zero-order valence-electron chi connectivity index (χ0n) is 34.2. The van der Waals surface area contributed by atoms with Crippen LogP contribution >= 0.6 is 0 Å². The van der Waals surface area contributed by atoms with Gasteiger partial charge in [-0.05, 0) is 0 Å². The van der Waals surface area contributed by atoms with Crippen LogP contribution < -0.4 is 3.32 Å². The molecule has 0 heterocycles. The van der Waals surface area contributed by atoms with Crippen molar-refractivity contribution in [3.05, 3.63) is 185 Å². The summed E-state index contributed by atoms with van der Waals surface area (Å²) in [7, 11) is 0. The van der Waals surface area contributed by atoms with Gasteiger partial charge in [0.25, 0.3) is 0 Å². The predicted molar refractivity (Wildman–Crippen MR) is 236 cm³/mol. The van der Waals surface area contributed by atoms with E-state index in [-0.39, 0.29) is 18.2 Å². The summed E-state index contributed by atoms with van der Waals surface area (Å²) in [4.78, 5) is 0. The Hall–Kier alpha value is -3.68. The molecule has 0 spiro atoms. The summed E-state index contributed by atoms with van der Waals surface area (Å²) < 4.78 is 11.3. The molecule has 0 amide bonds. The number of allylic oxidation sites excluding steroid dienone is 4. The second-order valence-corrected chi connectivity index (χ2v) is 62.4. The minimum absolute atomic E-state index is 0.00361. The summed E-state index contributed by atoms with van der Waals surface area (Å²) in [5, 5.41) is 0. The van der Waals surface area contributed by atoms with Crippen molar-refractivity contribution in [3.63, 3.8) is 0 Å². The van der Waals surface area contributed by atoms with Gasteiger partial charge in [0.15, 0.2) is 0 Å². The van der Waals surface area contributed by atoms with Crippen LogP contribution in [0.5, 0.6) is 0 Å². The fraction of sp³-hybridized carbons (Fsp3) is 0.340. The Morgan fingerprint density at radius 3 is 1.41 bits per heavy atom. The molecule has 0 radical (unpaired) electrons. The van der Waals surface area contributed by atoms with Crippen molar-refractivity contribution in [3.8, 4) is 11.1 Å². The Morgan fingerprint density at radius 1 is 0.537 bits per heavy atom. The second kappa shape index (κ2) is 12.9. The molecule has 0 atom stereocenters. The number of hydrogen-bond acceptors (Lipinski definition) is 0. The number of fused-ring (bicyclic) bond motifs is 3. The van der Waals surface area contributed by atoms with Gasteiger partial charge in [-0.1, -0.05) is 0 Å². The Morgan fingerprint density at radius 2 is 0.981 bits per heavy atom. The standard InChI is InChI=1S/C21H25.2C7H7.C6H5.C6H13.C5H5.CH2.Hf/c1-20(2,3)16-7-9-18-14(12-16)11-15-13-17(21(4,5)6)8-10-19(15)18;2*1-7-5-3-2-4-6-7;1-2-4-6-5-3-1;1-3-5-6-4-2;1-2-4-5-3-1;;/h7-13H,1-6H3;2*2-6H,1H2;1-5H;1,3-6H2,2H3;1-5H;1H2;. The van der Waals surface area contributed by atoms with Gasteiger partial charge in [-0.25, -0.2) is 0 Å². The molecule has 0 saturated carbocycles. The van der Waals surface area contributed by atoms with Gasteiger partial charge in [0, 0.05) is 0 Å². The summed E-state index contributed by atoms with van der Waals surface area (Å²) >= 11 is -6.59. The Labute approximate surface area is 321 Å². The molecule has 54 heavy (non-hydrogen) atoms. The maximum absolute atomic E-state index is 6.59. The molecule has 280 valence electrons. The topological polar surface area (TPSA) is 0 Å². The molecule has 2 aliphatic carbocycles. The van der Waals surface area contributed by atoms with Gasteiger partial charge >= 0.3 is 324 Å². The molecule has 0 unspecified atom stereocenters. The molecule has 0 N–H and O–H groups in total. The van der Waals surface area contributed by atoms with Crippen molar-refractivity contribution < 1.29 is 15.1 Å². The molecular weight excluding hydrogens is 815 g/mol. The van der Waals surface area contributed by atoms with E-state index in [1.54, 1.807) is 0 Å². The summed E-state index contributed by atoms with van der Waals surface area (Å²) in [5.41, 5.74) is 11.4. The Kier molecular flexibility index (Phi) is 9.25. The van der Waals surface area contributed by atoms with Crippen molar-refractivity contribution >= 4 is 7.58 Å². The van der Waals surface area contributed by atoms with Crippen LogP contribution in [0.1, 0.15) is 111 Å². The molecule has 0 aromatic heterocycles. The number of rotatable bonds is 12. The third-order valence-electron chi connectivity index (χ3n) is 15.3. The molecule has 7 rings (SSSR count).